The number of carbonyl (C=O) groups excluding carboxylic acids is 2. The van der Waals surface area contributed by atoms with Crippen LogP contribution in [0.15, 0.2) is 103 Å². The summed E-state index contributed by atoms with van der Waals surface area (Å²) in [7, 11) is 0. The molecule has 6 nitrogen and oxygen atoms in total. The quantitative estimate of drug-likeness (QED) is 0.415. The second-order valence-corrected chi connectivity index (χ2v) is 9.65. The van der Waals surface area contributed by atoms with Gasteiger partial charge in [0.15, 0.2) is 0 Å². The lowest BCUT2D eigenvalue weighted by Crippen LogP contribution is -2.48. The Bertz CT molecular complexity index is 1450. The van der Waals surface area contributed by atoms with Crippen LogP contribution in [0.5, 0.6) is 0 Å². The van der Waals surface area contributed by atoms with Crippen molar-refractivity contribution in [1.29, 1.82) is 0 Å². The molecular formula is C31H28N4O2. The molecule has 3 N–H and O–H groups in total. The van der Waals surface area contributed by atoms with Gasteiger partial charge in [0, 0.05) is 42.0 Å². The van der Waals surface area contributed by atoms with Gasteiger partial charge in [-0.3, -0.25) is 9.59 Å². The van der Waals surface area contributed by atoms with E-state index < -0.39 is 0 Å². The van der Waals surface area contributed by atoms with Crippen LogP contribution in [0.2, 0.25) is 0 Å². The summed E-state index contributed by atoms with van der Waals surface area (Å²) in [6, 6.07) is 32.9. The van der Waals surface area contributed by atoms with Gasteiger partial charge in [-0.1, -0.05) is 60.7 Å². The summed E-state index contributed by atoms with van der Waals surface area (Å²) in [5.41, 5.74) is 11.9. The van der Waals surface area contributed by atoms with Crippen LogP contribution < -0.4 is 20.9 Å². The van der Waals surface area contributed by atoms with Crippen molar-refractivity contribution in [1.82, 2.24) is 0 Å². The first kappa shape index (κ1) is 23.0. The first-order chi connectivity index (χ1) is 18.1. The summed E-state index contributed by atoms with van der Waals surface area (Å²) < 4.78 is 0. The molecule has 0 aromatic heterocycles. The van der Waals surface area contributed by atoms with E-state index in [-0.39, 0.29) is 23.9 Å². The number of nitrogens with two attached hydrogens (primary N) is 1. The summed E-state index contributed by atoms with van der Waals surface area (Å²) in [4.78, 5) is 30.9. The average molecular weight is 489 g/mol. The van der Waals surface area contributed by atoms with Crippen LogP contribution >= 0.6 is 0 Å². The molecule has 0 bridgehead atoms. The van der Waals surface area contributed by atoms with Gasteiger partial charge in [0.2, 0.25) is 0 Å². The number of hydrogen-bond donors (Lipinski definition) is 2. The minimum atomic E-state index is -0.193. The molecule has 4 aromatic rings. The number of fused-ring (bicyclic) bond motifs is 3. The van der Waals surface area contributed by atoms with Crippen LogP contribution in [0.1, 0.15) is 27.1 Å². The van der Waals surface area contributed by atoms with E-state index in [0.29, 0.717) is 23.4 Å². The number of para-hydroxylation sites is 2. The van der Waals surface area contributed by atoms with Crippen molar-refractivity contribution in [2.75, 3.05) is 28.2 Å². The highest BCUT2D eigenvalue weighted by Gasteiger charge is 2.39. The number of nitrogens with one attached hydrogen (secondary N) is 1. The zero-order valence-electron chi connectivity index (χ0n) is 20.4. The Morgan fingerprint density at radius 3 is 2.22 bits per heavy atom. The molecule has 1 fully saturated rings. The molecule has 0 radical (unpaired) electrons. The lowest BCUT2D eigenvalue weighted by Gasteiger charge is -2.40. The molecule has 1 unspecified atom stereocenters. The zero-order chi connectivity index (χ0) is 25.4. The van der Waals surface area contributed by atoms with Crippen LogP contribution in [0, 0.1) is 0 Å². The van der Waals surface area contributed by atoms with E-state index in [9.17, 15) is 9.59 Å². The van der Waals surface area contributed by atoms with Crippen molar-refractivity contribution < 1.29 is 9.59 Å². The van der Waals surface area contributed by atoms with Crippen LogP contribution in [0.3, 0.4) is 0 Å². The highest BCUT2D eigenvalue weighted by atomic mass is 16.2. The van der Waals surface area contributed by atoms with E-state index in [0.717, 1.165) is 35.5 Å². The lowest BCUT2D eigenvalue weighted by atomic mass is 9.99. The van der Waals surface area contributed by atoms with Crippen molar-refractivity contribution in [3.8, 4) is 11.1 Å². The summed E-state index contributed by atoms with van der Waals surface area (Å²) >= 11 is 0. The normalized spacial score (nSPS) is 18.2. The van der Waals surface area contributed by atoms with Crippen LogP contribution in [-0.4, -0.2) is 37.0 Å². The van der Waals surface area contributed by atoms with E-state index in [2.05, 4.69) is 16.3 Å². The molecule has 2 amide bonds. The van der Waals surface area contributed by atoms with Gasteiger partial charge in [0.1, 0.15) is 0 Å². The van der Waals surface area contributed by atoms with Crippen molar-refractivity contribution in [2.24, 2.45) is 5.73 Å². The molecule has 2 heterocycles. The third kappa shape index (κ3) is 4.36. The van der Waals surface area contributed by atoms with Crippen LogP contribution in [0.25, 0.3) is 11.1 Å². The highest BCUT2D eigenvalue weighted by molar-refractivity contribution is 6.10. The lowest BCUT2D eigenvalue weighted by molar-refractivity contribution is 0.0983. The molecule has 37 heavy (non-hydrogen) atoms. The van der Waals surface area contributed by atoms with Crippen molar-refractivity contribution >= 4 is 28.9 Å². The number of hydrogen-bond acceptors (Lipinski definition) is 4. The fraction of sp³-hybridized carbons (Fsp3) is 0.161. The Labute approximate surface area is 216 Å². The van der Waals surface area contributed by atoms with Crippen LogP contribution in [-0.2, 0) is 0 Å². The van der Waals surface area contributed by atoms with Gasteiger partial charge in [0.25, 0.3) is 11.8 Å². The fourth-order valence-electron chi connectivity index (χ4n) is 5.46. The molecule has 0 saturated carbocycles. The molecule has 2 aliphatic rings. The molecule has 184 valence electrons. The first-order valence-electron chi connectivity index (χ1n) is 12.6. The van der Waals surface area contributed by atoms with Crippen LogP contribution in [0.4, 0.5) is 17.1 Å². The molecule has 2 atom stereocenters. The molecule has 0 spiro atoms. The van der Waals surface area contributed by atoms with Gasteiger partial charge in [-0.15, -0.1) is 0 Å². The monoisotopic (exact) mass is 488 g/mol. The predicted molar refractivity (Wildman–Crippen MR) is 148 cm³/mol. The number of carbonyl (C=O) groups is 2. The standard InChI is InChI=1S/C31H28N4O2/c32-23-18-25-20-35(29-13-7-6-12-28(29)34(25)19-23)31(37)22-14-16-24(17-15-22)33-30(36)27-11-5-4-10-26(27)21-8-2-1-3-9-21/h1-17,23,25H,18-20,32H2,(H,33,36)/t23?,25-/m1/s1. The maximum atomic E-state index is 13.6. The van der Waals surface area contributed by atoms with Gasteiger partial charge < -0.3 is 20.9 Å². The van der Waals surface area contributed by atoms with E-state index in [1.165, 1.54) is 0 Å². The minimum Gasteiger partial charge on any atom is -0.363 e. The van der Waals surface area contributed by atoms with E-state index in [1.807, 2.05) is 77.7 Å². The third-order valence-corrected chi connectivity index (χ3v) is 7.21. The number of nitrogens with zero attached hydrogens (tertiary/aromatic N) is 2. The predicted octanol–water partition coefficient (Wildman–Crippen LogP) is 5.17. The van der Waals surface area contributed by atoms with Crippen molar-refractivity contribution in [2.45, 2.75) is 18.5 Å². The number of amides is 2. The largest absolute Gasteiger partial charge is 0.363 e. The van der Waals surface area contributed by atoms with Gasteiger partial charge in [-0.2, -0.15) is 0 Å². The Kier molecular flexibility index (Phi) is 5.94. The Morgan fingerprint density at radius 1 is 0.757 bits per heavy atom. The summed E-state index contributed by atoms with van der Waals surface area (Å²) in [5.74, 6) is -0.249. The SMILES string of the molecule is NC1C[C@@H]2CN(C(=O)c3ccc(NC(=O)c4ccccc4-c4ccccc4)cc3)c3ccccc3N2C1. The summed E-state index contributed by atoms with van der Waals surface area (Å²) in [5, 5.41) is 2.98. The average Bonchev–Trinajstić information content (AvgIpc) is 3.33. The second kappa shape index (κ2) is 9.56. The number of anilines is 3. The smallest absolute Gasteiger partial charge is 0.258 e. The van der Waals surface area contributed by atoms with Crippen molar-refractivity contribution in [3.05, 3.63) is 114 Å². The zero-order valence-corrected chi connectivity index (χ0v) is 20.4. The molecule has 6 rings (SSSR count). The second-order valence-electron chi connectivity index (χ2n) is 9.65. The van der Waals surface area contributed by atoms with E-state index in [4.69, 9.17) is 5.73 Å². The maximum Gasteiger partial charge on any atom is 0.258 e. The van der Waals surface area contributed by atoms with Gasteiger partial charge >= 0.3 is 0 Å². The van der Waals surface area contributed by atoms with Gasteiger partial charge in [-0.25, -0.2) is 0 Å². The Balaban J connectivity index is 1.21. The first-order valence-corrected chi connectivity index (χ1v) is 12.6. The minimum absolute atomic E-state index is 0.0557. The topological polar surface area (TPSA) is 78.7 Å². The Morgan fingerprint density at radius 2 is 1.43 bits per heavy atom. The maximum absolute atomic E-state index is 13.6. The molecule has 1 saturated heterocycles. The molecule has 6 heteroatoms. The summed E-state index contributed by atoms with van der Waals surface area (Å²) in [6.45, 7) is 1.42. The fourth-order valence-corrected chi connectivity index (χ4v) is 5.46. The van der Waals surface area contributed by atoms with E-state index in [1.54, 1.807) is 24.3 Å². The van der Waals surface area contributed by atoms with Crippen molar-refractivity contribution in [3.63, 3.8) is 0 Å². The van der Waals surface area contributed by atoms with E-state index >= 15 is 0 Å². The molecule has 0 aliphatic carbocycles. The number of rotatable bonds is 4. The van der Waals surface area contributed by atoms with Gasteiger partial charge in [-0.05, 0) is 60.0 Å². The molecule has 2 aliphatic heterocycles. The number of benzene rings is 4. The Hall–Kier alpha value is -4.42. The third-order valence-electron chi connectivity index (χ3n) is 7.21. The molecular weight excluding hydrogens is 460 g/mol. The highest BCUT2D eigenvalue weighted by Crippen LogP contribution is 2.39. The van der Waals surface area contributed by atoms with Gasteiger partial charge in [0.05, 0.1) is 11.4 Å². The molecule has 4 aromatic carbocycles. The summed E-state index contributed by atoms with van der Waals surface area (Å²) in [6.07, 6.45) is 0.869.